The fourth-order valence-corrected chi connectivity index (χ4v) is 3.58. The molecule has 1 unspecified atom stereocenters. The van der Waals surface area contributed by atoms with E-state index < -0.39 is 23.1 Å². The third-order valence-corrected chi connectivity index (χ3v) is 4.99. The molecule has 6 heteroatoms. The van der Waals surface area contributed by atoms with Crippen LogP contribution < -0.4 is 4.90 Å². The average Bonchev–Trinajstić information content (AvgIpc) is 2.95. The van der Waals surface area contributed by atoms with Crippen LogP contribution in [0.4, 0.5) is 14.9 Å². The van der Waals surface area contributed by atoms with Crippen molar-refractivity contribution in [2.24, 2.45) is 0 Å². The highest BCUT2D eigenvalue weighted by Crippen LogP contribution is 2.43. The zero-order valence-electron chi connectivity index (χ0n) is 17.4. The van der Waals surface area contributed by atoms with E-state index in [-0.39, 0.29) is 12.4 Å². The zero-order valence-corrected chi connectivity index (χ0v) is 17.4. The Balaban J connectivity index is 1.99. The van der Waals surface area contributed by atoms with E-state index in [1.54, 1.807) is 39.8 Å². The number of esters is 1. The van der Waals surface area contributed by atoms with Gasteiger partial charge < -0.3 is 9.47 Å². The number of nitrogens with zero attached hydrogens (tertiary/aromatic N) is 1. The molecule has 1 atom stereocenters. The minimum atomic E-state index is -0.977. The summed E-state index contributed by atoms with van der Waals surface area (Å²) in [5.74, 6) is -0.691. The maximum atomic E-state index is 13.2. The number of anilines is 1. The van der Waals surface area contributed by atoms with Crippen molar-refractivity contribution in [1.29, 1.82) is 0 Å². The average molecular weight is 399 g/mol. The van der Waals surface area contributed by atoms with Crippen molar-refractivity contribution in [3.63, 3.8) is 0 Å². The van der Waals surface area contributed by atoms with Crippen LogP contribution in [-0.2, 0) is 26.1 Å². The van der Waals surface area contributed by atoms with Crippen LogP contribution in [0.1, 0.15) is 44.4 Å². The lowest BCUT2D eigenvalue weighted by Crippen LogP contribution is -2.42. The summed E-state index contributed by atoms with van der Waals surface area (Å²) >= 11 is 0. The van der Waals surface area contributed by atoms with Crippen molar-refractivity contribution in [1.82, 2.24) is 0 Å². The van der Waals surface area contributed by atoms with Crippen LogP contribution >= 0.6 is 0 Å². The lowest BCUT2D eigenvalue weighted by atomic mass is 9.84. The first-order valence-corrected chi connectivity index (χ1v) is 9.50. The Morgan fingerprint density at radius 1 is 1.10 bits per heavy atom. The number of halogens is 1. The van der Waals surface area contributed by atoms with E-state index in [9.17, 15) is 14.0 Å². The third kappa shape index (κ3) is 4.26. The Morgan fingerprint density at radius 3 is 2.31 bits per heavy atom. The van der Waals surface area contributed by atoms with Crippen molar-refractivity contribution >= 4 is 17.7 Å². The van der Waals surface area contributed by atoms with Crippen LogP contribution in [0.5, 0.6) is 0 Å². The smallest absolute Gasteiger partial charge is 0.414 e. The molecule has 0 N–H and O–H groups in total. The summed E-state index contributed by atoms with van der Waals surface area (Å²) in [4.78, 5) is 26.9. The van der Waals surface area contributed by atoms with Gasteiger partial charge in [-0.3, -0.25) is 9.69 Å². The van der Waals surface area contributed by atoms with Gasteiger partial charge in [-0.05, 0) is 69.0 Å². The molecule has 2 aromatic rings. The minimum absolute atomic E-state index is 0.143. The number of benzene rings is 2. The molecule has 5 nitrogen and oxygen atoms in total. The van der Waals surface area contributed by atoms with Crippen molar-refractivity contribution in [3.05, 3.63) is 65.0 Å². The number of fused-ring (bicyclic) bond motifs is 1. The van der Waals surface area contributed by atoms with E-state index in [2.05, 4.69) is 0 Å². The number of rotatable bonds is 3. The van der Waals surface area contributed by atoms with Crippen molar-refractivity contribution in [2.75, 3.05) is 18.6 Å². The van der Waals surface area contributed by atoms with Crippen LogP contribution in [0.2, 0.25) is 0 Å². The number of carbonyl (C=O) groups is 2. The second-order valence-corrected chi connectivity index (χ2v) is 8.54. The second kappa shape index (κ2) is 7.50. The molecule has 1 aliphatic rings. The zero-order chi connectivity index (χ0) is 21.4. The largest absolute Gasteiger partial charge is 0.468 e. The van der Waals surface area contributed by atoms with Crippen LogP contribution in [0.25, 0.3) is 0 Å². The lowest BCUT2D eigenvalue weighted by molar-refractivity contribution is -0.146. The highest BCUT2D eigenvalue weighted by atomic mass is 19.1. The molecule has 0 fully saturated rings. The molecule has 1 amide bonds. The molecule has 0 aromatic heterocycles. The highest BCUT2D eigenvalue weighted by molar-refractivity contribution is 5.98. The van der Waals surface area contributed by atoms with E-state index in [4.69, 9.17) is 9.47 Å². The number of methoxy groups -OCH3 is 1. The number of amides is 1. The quantitative estimate of drug-likeness (QED) is 0.708. The topological polar surface area (TPSA) is 55.8 Å². The molecule has 3 rings (SSSR count). The molecule has 0 bridgehead atoms. The second-order valence-electron chi connectivity index (χ2n) is 8.54. The summed E-state index contributed by atoms with van der Waals surface area (Å²) in [5, 5.41) is 0. The summed E-state index contributed by atoms with van der Waals surface area (Å²) in [6.07, 6.45) is 0.0651. The Labute approximate surface area is 170 Å². The summed E-state index contributed by atoms with van der Waals surface area (Å²) in [7, 11) is 1.34. The van der Waals surface area contributed by atoms with E-state index in [1.165, 1.54) is 24.1 Å². The molecule has 29 heavy (non-hydrogen) atoms. The van der Waals surface area contributed by atoms with Gasteiger partial charge in [-0.1, -0.05) is 24.3 Å². The first-order valence-electron chi connectivity index (χ1n) is 9.50. The van der Waals surface area contributed by atoms with Crippen LogP contribution in [0, 0.1) is 5.82 Å². The summed E-state index contributed by atoms with van der Waals surface area (Å²) in [5.41, 5.74) is 1.61. The standard InChI is InChI=1S/C23H26FNO4/c1-22(2,3)29-21(27)25-14-23(4,20(26)28-5)18-11-8-16(13-19(18)25)12-15-6-9-17(24)10-7-15/h6-11,13H,12,14H2,1-5H3. The molecular weight excluding hydrogens is 373 g/mol. The van der Waals surface area contributed by atoms with Crippen LogP contribution in [0.15, 0.2) is 42.5 Å². The molecule has 0 saturated carbocycles. The number of carbonyl (C=O) groups excluding carboxylic acids is 2. The van der Waals surface area contributed by atoms with Gasteiger partial charge in [0.25, 0.3) is 0 Å². The molecule has 154 valence electrons. The SMILES string of the molecule is COC(=O)C1(C)CN(C(=O)OC(C)(C)C)c2cc(Cc3ccc(F)cc3)ccc21. The Kier molecular flexibility index (Phi) is 5.39. The van der Waals surface area contributed by atoms with E-state index in [1.807, 2.05) is 18.2 Å². The third-order valence-electron chi connectivity index (χ3n) is 4.99. The van der Waals surface area contributed by atoms with Crippen LogP contribution in [-0.4, -0.2) is 31.3 Å². The Bertz CT molecular complexity index is 933. The fraction of sp³-hybridized carbons (Fsp3) is 0.391. The van der Waals surface area contributed by atoms with Gasteiger partial charge in [-0.15, -0.1) is 0 Å². The summed E-state index contributed by atoms with van der Waals surface area (Å²) in [6, 6.07) is 12.0. The Hall–Kier alpha value is -2.89. The van der Waals surface area contributed by atoms with Crippen molar-refractivity contribution in [3.8, 4) is 0 Å². The van der Waals surface area contributed by atoms with E-state index >= 15 is 0 Å². The fourth-order valence-electron chi connectivity index (χ4n) is 3.58. The molecule has 1 aliphatic heterocycles. The van der Waals surface area contributed by atoms with Gasteiger partial charge in [0.2, 0.25) is 0 Å². The molecule has 0 aliphatic carbocycles. The first kappa shape index (κ1) is 20.8. The number of hydrogen-bond donors (Lipinski definition) is 0. The molecule has 2 aromatic carbocycles. The maximum absolute atomic E-state index is 13.2. The van der Waals surface area contributed by atoms with Crippen molar-refractivity contribution < 1.29 is 23.5 Å². The maximum Gasteiger partial charge on any atom is 0.414 e. The summed E-state index contributed by atoms with van der Waals surface area (Å²) in [6.45, 7) is 7.30. The predicted octanol–water partition coefficient (Wildman–Crippen LogP) is 4.60. The van der Waals surface area contributed by atoms with Gasteiger partial charge in [0.1, 0.15) is 16.8 Å². The molecule has 0 radical (unpaired) electrons. The number of hydrogen-bond acceptors (Lipinski definition) is 4. The lowest BCUT2D eigenvalue weighted by Gasteiger charge is -2.26. The van der Waals surface area contributed by atoms with Gasteiger partial charge in [-0.2, -0.15) is 0 Å². The Morgan fingerprint density at radius 2 is 1.72 bits per heavy atom. The van der Waals surface area contributed by atoms with Gasteiger partial charge >= 0.3 is 12.1 Å². The molecule has 0 spiro atoms. The number of ether oxygens (including phenoxy) is 2. The highest BCUT2D eigenvalue weighted by Gasteiger charge is 2.48. The van der Waals surface area contributed by atoms with E-state index in [0.29, 0.717) is 12.1 Å². The molecule has 0 saturated heterocycles. The van der Waals surface area contributed by atoms with Gasteiger partial charge in [0.05, 0.1) is 12.8 Å². The van der Waals surface area contributed by atoms with Crippen molar-refractivity contribution in [2.45, 2.75) is 45.1 Å². The monoisotopic (exact) mass is 399 g/mol. The minimum Gasteiger partial charge on any atom is -0.468 e. The summed E-state index contributed by atoms with van der Waals surface area (Å²) < 4.78 is 23.7. The van der Waals surface area contributed by atoms with Gasteiger partial charge in [0, 0.05) is 6.54 Å². The van der Waals surface area contributed by atoms with E-state index in [0.717, 1.165) is 16.7 Å². The van der Waals surface area contributed by atoms with Gasteiger partial charge in [-0.25, -0.2) is 9.18 Å². The predicted molar refractivity (Wildman–Crippen MR) is 109 cm³/mol. The van der Waals surface area contributed by atoms with Crippen LogP contribution in [0.3, 0.4) is 0 Å². The normalized spacial score (nSPS) is 18.3. The first-order chi connectivity index (χ1) is 13.5. The van der Waals surface area contributed by atoms with Gasteiger partial charge in [0.15, 0.2) is 0 Å². The molecular formula is C23H26FNO4. The molecule has 1 heterocycles.